The van der Waals surface area contributed by atoms with E-state index in [1.807, 2.05) is 19.9 Å². The largest absolute Gasteiger partial charge is 0.512 e. The highest BCUT2D eigenvalue weighted by molar-refractivity contribution is 5.03. The number of allylic oxidation sites excluding steroid dienone is 1. The van der Waals surface area contributed by atoms with Crippen molar-refractivity contribution in [2.75, 3.05) is 0 Å². The first-order chi connectivity index (χ1) is 7.15. The molecule has 1 aliphatic carbocycles. The fourth-order valence-corrected chi connectivity index (χ4v) is 2.19. The van der Waals surface area contributed by atoms with Gasteiger partial charge in [-0.05, 0) is 24.8 Å². The van der Waals surface area contributed by atoms with Crippen LogP contribution in [0.25, 0.3) is 0 Å². The first kappa shape index (κ1) is 12.5. The van der Waals surface area contributed by atoms with Crippen molar-refractivity contribution in [1.29, 1.82) is 0 Å². The fourth-order valence-electron chi connectivity index (χ4n) is 2.19. The molecule has 0 aromatic rings. The van der Waals surface area contributed by atoms with E-state index in [0.29, 0.717) is 11.7 Å². The third kappa shape index (κ3) is 3.84. The molecule has 1 fully saturated rings. The van der Waals surface area contributed by atoms with Crippen LogP contribution in [0.3, 0.4) is 0 Å². The van der Waals surface area contributed by atoms with Gasteiger partial charge >= 0.3 is 0 Å². The van der Waals surface area contributed by atoms with Crippen LogP contribution in [0.2, 0.25) is 0 Å². The van der Waals surface area contributed by atoms with E-state index in [1.165, 1.54) is 32.1 Å². The van der Waals surface area contributed by atoms with E-state index in [4.69, 9.17) is 5.84 Å². The van der Waals surface area contributed by atoms with Crippen molar-refractivity contribution in [3.63, 3.8) is 0 Å². The van der Waals surface area contributed by atoms with Crippen molar-refractivity contribution in [1.82, 2.24) is 5.43 Å². The van der Waals surface area contributed by atoms with E-state index >= 15 is 0 Å². The van der Waals surface area contributed by atoms with Crippen LogP contribution < -0.4 is 11.3 Å². The van der Waals surface area contributed by atoms with Crippen LogP contribution in [0.4, 0.5) is 0 Å². The van der Waals surface area contributed by atoms with Crippen molar-refractivity contribution < 1.29 is 5.11 Å². The summed E-state index contributed by atoms with van der Waals surface area (Å²) in [5, 5.41) is 9.72. The molecule has 0 aliphatic heterocycles. The molecule has 88 valence electrons. The highest BCUT2D eigenvalue weighted by Crippen LogP contribution is 2.27. The standard InChI is InChI=1S/C12H24N2O/c1-9(2)12(15)8-11(14-13)10-6-4-3-5-7-10/h8-11,14-15H,3-7,13H2,1-2H3/b12-8+. The smallest absolute Gasteiger partial charge is 0.0924 e. The number of nitrogens with one attached hydrogen (secondary N) is 1. The van der Waals surface area contributed by atoms with E-state index in [0.717, 1.165) is 0 Å². The number of hydrogen-bond acceptors (Lipinski definition) is 3. The Balaban J connectivity index is 2.57. The van der Waals surface area contributed by atoms with E-state index in [9.17, 15) is 5.11 Å². The maximum atomic E-state index is 9.72. The zero-order chi connectivity index (χ0) is 11.3. The lowest BCUT2D eigenvalue weighted by molar-refractivity contribution is 0.287. The predicted molar refractivity (Wildman–Crippen MR) is 63.2 cm³/mol. The van der Waals surface area contributed by atoms with Gasteiger partial charge in [-0.2, -0.15) is 0 Å². The molecule has 15 heavy (non-hydrogen) atoms. The second kappa shape index (κ2) is 6.13. The van der Waals surface area contributed by atoms with Crippen molar-refractivity contribution in [3.05, 3.63) is 11.8 Å². The average Bonchev–Trinajstić information content (AvgIpc) is 2.26. The van der Waals surface area contributed by atoms with Crippen molar-refractivity contribution in [2.45, 2.75) is 52.0 Å². The minimum atomic E-state index is 0.132. The normalized spacial score (nSPS) is 22.0. The van der Waals surface area contributed by atoms with Crippen LogP contribution >= 0.6 is 0 Å². The van der Waals surface area contributed by atoms with Crippen LogP contribution in [0.15, 0.2) is 11.8 Å². The van der Waals surface area contributed by atoms with Gasteiger partial charge in [0.05, 0.1) is 5.76 Å². The van der Waals surface area contributed by atoms with Crippen LogP contribution in [-0.2, 0) is 0 Å². The molecular weight excluding hydrogens is 188 g/mol. The summed E-state index contributed by atoms with van der Waals surface area (Å²) in [6.45, 7) is 3.97. The molecule has 0 amide bonds. The number of hydrazine groups is 1. The molecule has 0 aromatic carbocycles. The quantitative estimate of drug-likeness (QED) is 0.381. The molecule has 0 bridgehead atoms. The highest BCUT2D eigenvalue weighted by Gasteiger charge is 2.21. The van der Waals surface area contributed by atoms with Crippen molar-refractivity contribution in [2.24, 2.45) is 17.7 Å². The van der Waals surface area contributed by atoms with E-state index in [2.05, 4.69) is 5.43 Å². The molecule has 3 nitrogen and oxygen atoms in total. The van der Waals surface area contributed by atoms with Gasteiger partial charge in [0, 0.05) is 12.0 Å². The molecule has 0 aromatic heterocycles. The summed E-state index contributed by atoms with van der Waals surface area (Å²) in [7, 11) is 0. The number of rotatable bonds is 4. The molecule has 0 spiro atoms. The molecule has 4 N–H and O–H groups in total. The molecule has 1 rings (SSSR count). The third-order valence-corrected chi connectivity index (χ3v) is 3.29. The van der Waals surface area contributed by atoms with Gasteiger partial charge in [-0.3, -0.25) is 11.3 Å². The van der Waals surface area contributed by atoms with Gasteiger partial charge in [0.1, 0.15) is 0 Å². The lowest BCUT2D eigenvalue weighted by Gasteiger charge is -2.28. The molecule has 0 heterocycles. The molecule has 1 saturated carbocycles. The summed E-state index contributed by atoms with van der Waals surface area (Å²) in [5.41, 5.74) is 2.82. The predicted octanol–water partition coefficient (Wildman–Crippen LogP) is 2.50. The van der Waals surface area contributed by atoms with E-state index in [-0.39, 0.29) is 12.0 Å². The molecule has 1 aliphatic rings. The summed E-state index contributed by atoms with van der Waals surface area (Å²) in [4.78, 5) is 0. The average molecular weight is 212 g/mol. The Kier molecular flexibility index (Phi) is 5.12. The Labute approximate surface area is 92.7 Å². The van der Waals surface area contributed by atoms with Gasteiger partial charge in [0.25, 0.3) is 0 Å². The van der Waals surface area contributed by atoms with Crippen LogP contribution in [-0.4, -0.2) is 11.1 Å². The molecule has 1 atom stereocenters. The zero-order valence-electron chi connectivity index (χ0n) is 9.87. The second-order valence-corrected chi connectivity index (χ2v) is 4.84. The topological polar surface area (TPSA) is 58.3 Å². The Bertz CT molecular complexity index is 208. The Hall–Kier alpha value is -0.540. The molecule has 0 radical (unpaired) electrons. The minimum Gasteiger partial charge on any atom is -0.512 e. The Morgan fingerprint density at radius 3 is 2.40 bits per heavy atom. The number of aliphatic hydroxyl groups is 1. The van der Waals surface area contributed by atoms with E-state index in [1.54, 1.807) is 0 Å². The monoisotopic (exact) mass is 212 g/mol. The van der Waals surface area contributed by atoms with Crippen LogP contribution in [0.1, 0.15) is 46.0 Å². The van der Waals surface area contributed by atoms with Gasteiger partial charge in [-0.1, -0.05) is 33.1 Å². The highest BCUT2D eigenvalue weighted by atomic mass is 16.3. The van der Waals surface area contributed by atoms with Crippen LogP contribution in [0.5, 0.6) is 0 Å². The summed E-state index contributed by atoms with van der Waals surface area (Å²) < 4.78 is 0. The van der Waals surface area contributed by atoms with Gasteiger partial charge in [-0.15, -0.1) is 0 Å². The zero-order valence-corrected chi connectivity index (χ0v) is 9.87. The minimum absolute atomic E-state index is 0.132. The van der Waals surface area contributed by atoms with Crippen molar-refractivity contribution in [3.8, 4) is 0 Å². The van der Waals surface area contributed by atoms with Gasteiger partial charge in [-0.25, -0.2) is 0 Å². The maximum absolute atomic E-state index is 9.72. The summed E-state index contributed by atoms with van der Waals surface area (Å²) in [5.74, 6) is 6.77. The second-order valence-electron chi connectivity index (χ2n) is 4.84. The van der Waals surface area contributed by atoms with Gasteiger partial charge in [0.15, 0.2) is 0 Å². The fraction of sp³-hybridized carbons (Fsp3) is 0.833. The van der Waals surface area contributed by atoms with E-state index < -0.39 is 0 Å². The van der Waals surface area contributed by atoms with Gasteiger partial charge < -0.3 is 5.11 Å². The molecule has 0 saturated heterocycles. The number of hydrogen-bond donors (Lipinski definition) is 3. The summed E-state index contributed by atoms with van der Waals surface area (Å²) in [6, 6.07) is 0.132. The Morgan fingerprint density at radius 2 is 1.93 bits per heavy atom. The molecule has 1 unspecified atom stereocenters. The first-order valence-corrected chi connectivity index (χ1v) is 6.02. The SMILES string of the molecule is CC(C)/C(O)=C\C(NN)C1CCCCC1. The third-order valence-electron chi connectivity index (χ3n) is 3.29. The number of nitrogens with two attached hydrogens (primary N) is 1. The maximum Gasteiger partial charge on any atom is 0.0924 e. The molecular formula is C12H24N2O. The number of aliphatic hydroxyl groups excluding tert-OH is 1. The van der Waals surface area contributed by atoms with Crippen LogP contribution in [0, 0.1) is 11.8 Å². The Morgan fingerprint density at radius 1 is 1.33 bits per heavy atom. The van der Waals surface area contributed by atoms with Gasteiger partial charge in [0.2, 0.25) is 0 Å². The summed E-state index contributed by atoms with van der Waals surface area (Å²) >= 11 is 0. The van der Waals surface area contributed by atoms with Crippen molar-refractivity contribution >= 4 is 0 Å². The summed E-state index contributed by atoms with van der Waals surface area (Å²) in [6.07, 6.45) is 8.25. The lowest BCUT2D eigenvalue weighted by Crippen LogP contribution is -2.40. The molecule has 3 heteroatoms. The lowest BCUT2D eigenvalue weighted by atomic mass is 9.83. The first-order valence-electron chi connectivity index (χ1n) is 6.02.